The summed E-state index contributed by atoms with van der Waals surface area (Å²) in [6, 6.07) is -5.23. The summed E-state index contributed by atoms with van der Waals surface area (Å²) in [7, 11) is 0. The number of hydrogen-bond acceptors (Lipinski definition) is 2. The molecule has 0 saturated carbocycles. The van der Waals surface area contributed by atoms with Gasteiger partial charge in [-0.25, -0.2) is 0 Å². The van der Waals surface area contributed by atoms with Gasteiger partial charge in [-0.15, -0.1) is 0 Å². The van der Waals surface area contributed by atoms with E-state index in [0.717, 1.165) is 0 Å². The van der Waals surface area contributed by atoms with E-state index in [2.05, 4.69) is 0 Å². The van der Waals surface area contributed by atoms with Gasteiger partial charge >= 0.3 is 29.6 Å². The molecule has 0 saturated heterocycles. The summed E-state index contributed by atoms with van der Waals surface area (Å²) in [6.45, 7) is 0. The van der Waals surface area contributed by atoms with E-state index in [1.54, 1.807) is 0 Å². The average molecular weight is 213 g/mol. The van der Waals surface area contributed by atoms with Crippen molar-refractivity contribution in [2.45, 2.75) is 25.5 Å². The van der Waals surface area contributed by atoms with Gasteiger partial charge in [0.05, 0.1) is 6.85 Å². The van der Waals surface area contributed by atoms with Crippen molar-refractivity contribution in [1.82, 2.24) is 0 Å². The number of carbonyl (C=O) groups is 1. The Labute approximate surface area is 125 Å². The van der Waals surface area contributed by atoms with Gasteiger partial charge in [-0.2, -0.15) is 0 Å². The van der Waals surface area contributed by atoms with Gasteiger partial charge in [-0.3, -0.25) is 0 Å². The van der Waals surface area contributed by atoms with Gasteiger partial charge in [0.1, 0.15) is 0 Å². The Morgan fingerprint density at radius 3 is 2.57 bits per heavy atom. The van der Waals surface area contributed by atoms with Gasteiger partial charge in [-0.05, 0) is 31.1 Å². The Hall–Kier alpha value is -0.310. The first kappa shape index (κ1) is 3.34. The van der Waals surface area contributed by atoms with Crippen LogP contribution in [0.4, 0.5) is 0 Å². The van der Waals surface area contributed by atoms with Gasteiger partial charge < -0.3 is 9.90 Å². The third-order valence-electron chi connectivity index (χ3n) is 0.915. The number of aliphatic carboxylic acids is 1. The van der Waals surface area contributed by atoms with Gasteiger partial charge in [0.2, 0.25) is 0 Å². The third-order valence-corrected chi connectivity index (χ3v) is 0.915. The Morgan fingerprint density at radius 2 is 2.00 bits per heavy atom. The van der Waals surface area contributed by atoms with Crippen molar-refractivity contribution in [2.75, 3.05) is 0 Å². The van der Waals surface area contributed by atoms with Crippen molar-refractivity contribution in [3.8, 4) is 0 Å². The second-order valence-corrected chi connectivity index (χ2v) is 1.79. The second-order valence-electron chi connectivity index (χ2n) is 1.79. The van der Waals surface area contributed by atoms with Crippen molar-refractivity contribution in [3.05, 3.63) is 35.8 Å². The van der Waals surface area contributed by atoms with Crippen LogP contribution < -0.4 is 34.7 Å². The van der Waals surface area contributed by atoms with Crippen LogP contribution in [0.1, 0.15) is 42.5 Å². The van der Waals surface area contributed by atoms with E-state index in [1.165, 1.54) is 0 Å². The zero-order valence-electron chi connectivity index (χ0n) is 20.3. The second kappa shape index (κ2) is 8.04. The normalized spacial score (nSPS) is 26.7. The molecule has 0 amide bonds. The summed E-state index contributed by atoms with van der Waals surface area (Å²) in [5.74, 6) is -2.64. The number of carboxylic acids is 1. The molecule has 1 rings (SSSR count). The largest absolute Gasteiger partial charge is 1.00 e. The molecule has 0 aliphatic rings. The van der Waals surface area contributed by atoms with Crippen LogP contribution in [0, 0.1) is 0 Å². The summed E-state index contributed by atoms with van der Waals surface area (Å²) >= 11 is 0. The molecule has 0 N–H and O–H groups in total. The molecule has 0 unspecified atom stereocenters. The van der Waals surface area contributed by atoms with Crippen LogP contribution >= 0.6 is 0 Å². The van der Waals surface area contributed by atoms with Crippen LogP contribution in [0.25, 0.3) is 0 Å². The van der Waals surface area contributed by atoms with E-state index in [9.17, 15) is 9.90 Å². The topological polar surface area (TPSA) is 40.1 Å². The van der Waals surface area contributed by atoms with Crippen molar-refractivity contribution in [2.24, 2.45) is 0 Å². The van der Waals surface area contributed by atoms with E-state index >= 15 is 0 Å². The zero-order chi connectivity index (χ0) is 21.0. The van der Waals surface area contributed by atoms with E-state index in [-0.39, 0.29) is 29.6 Å². The number of carboxylic acid groups (broad SMARTS) is 1. The van der Waals surface area contributed by atoms with E-state index in [1.807, 2.05) is 0 Å². The molecule has 0 fully saturated rings. The molecule has 0 heterocycles. The molecule has 3 heteroatoms. The molecule has 70 valence electrons. The molecule has 1 aromatic rings. The first-order valence-corrected chi connectivity index (χ1v) is 3.16. The molecule has 0 atom stereocenters. The Balaban J connectivity index is 0.00000676. The molecule has 0 bridgehead atoms. The maximum atomic E-state index is 10.9. The van der Waals surface area contributed by atoms with Gasteiger partial charge in [-0.1, -0.05) is 30.2 Å². The summed E-state index contributed by atoms with van der Waals surface area (Å²) < 4.78 is 98.7. The molecule has 0 radical (unpaired) electrons. The van der Waals surface area contributed by atoms with Crippen molar-refractivity contribution in [1.29, 1.82) is 0 Å². The molecular formula is C11H13NaO2. The van der Waals surface area contributed by atoms with Crippen LogP contribution in [0.2, 0.25) is 0 Å². The fourth-order valence-electron chi connectivity index (χ4n) is 0.489. The van der Waals surface area contributed by atoms with Crippen LogP contribution in [-0.2, 0) is 11.2 Å². The first-order chi connectivity index (χ1) is 11.4. The van der Waals surface area contributed by atoms with Crippen LogP contribution in [0.3, 0.4) is 0 Å². The molecular weight excluding hydrogens is 187 g/mol. The first-order valence-electron chi connectivity index (χ1n) is 9.66. The van der Waals surface area contributed by atoms with E-state index in [4.69, 9.17) is 17.8 Å². The quantitative estimate of drug-likeness (QED) is 0.539. The maximum absolute atomic E-state index is 10.9. The van der Waals surface area contributed by atoms with Crippen molar-refractivity contribution < 1.29 is 57.3 Å². The van der Waals surface area contributed by atoms with Crippen molar-refractivity contribution in [3.63, 3.8) is 0 Å². The summed E-state index contributed by atoms with van der Waals surface area (Å²) in [5.41, 5.74) is -1.26. The number of hydrogen-bond donors (Lipinski definition) is 0. The third kappa shape index (κ3) is 6.19. The Kier molecular flexibility index (Phi) is 1.92. The van der Waals surface area contributed by atoms with Crippen molar-refractivity contribution >= 4 is 5.97 Å². The molecule has 2 nitrogen and oxygen atoms in total. The van der Waals surface area contributed by atoms with Gasteiger partial charge in [0.15, 0.2) is 0 Å². The monoisotopic (exact) mass is 213 g/mol. The fraction of sp³-hybridized carbons (Fsp3) is 0.364. The molecule has 0 spiro atoms. The number of rotatable bonds is 5. The molecule has 0 aliphatic heterocycles. The van der Waals surface area contributed by atoms with Gasteiger partial charge in [0.25, 0.3) is 0 Å². The SMILES string of the molecule is [2H]c1c([2H])c([2H])c(C([2H])([2H])C([2H])([2H])C([2H])([2H])C([2H])([2H])C(=O)[O-])c([2H])c1[2H].[Na+]. The molecule has 1 aromatic carbocycles. The van der Waals surface area contributed by atoms with E-state index in [0.29, 0.717) is 0 Å². The summed E-state index contributed by atoms with van der Waals surface area (Å²) in [5, 5.41) is 10.9. The smallest absolute Gasteiger partial charge is 0.550 e. The maximum Gasteiger partial charge on any atom is 1.00 e. The van der Waals surface area contributed by atoms with Gasteiger partial charge in [0, 0.05) is 16.9 Å². The number of carbonyl (C=O) groups excluding carboxylic acids is 1. The Morgan fingerprint density at radius 1 is 1.36 bits per heavy atom. The van der Waals surface area contributed by atoms with Crippen LogP contribution in [0.5, 0.6) is 0 Å². The van der Waals surface area contributed by atoms with Crippen LogP contribution in [0.15, 0.2) is 30.2 Å². The predicted octanol–water partition coefficient (Wildman–Crippen LogP) is -1.85. The molecule has 0 aliphatic carbocycles. The minimum Gasteiger partial charge on any atom is -0.550 e. The molecule has 0 aromatic heterocycles. The average Bonchev–Trinajstić information content (AvgIpc) is 2.50. The fourth-order valence-corrected chi connectivity index (χ4v) is 0.489. The Bertz CT molecular complexity index is 732. The van der Waals surface area contributed by atoms with Crippen LogP contribution in [-0.4, -0.2) is 5.97 Å². The minimum atomic E-state index is -4.04. The standard InChI is InChI=1S/C11H14O2.Na/c12-11(13)9-5-4-8-10-6-2-1-3-7-10;/h1-3,6-7H,4-5,8-9H2,(H,12,13);/q;+1/p-1/i1D,2D,3D,4D2,5D2,6D,7D,8D2,9D2;. The number of benzene rings is 1. The summed E-state index contributed by atoms with van der Waals surface area (Å²) in [6.07, 6.45) is -15.7. The minimum absolute atomic E-state index is 0. The zero-order valence-corrected chi connectivity index (χ0v) is 9.32. The predicted molar refractivity (Wildman–Crippen MR) is 49.0 cm³/mol. The summed E-state index contributed by atoms with van der Waals surface area (Å²) in [4.78, 5) is 10.9. The molecule has 14 heavy (non-hydrogen) atoms. The van der Waals surface area contributed by atoms with E-state index < -0.39 is 67.2 Å².